The molecule has 7 heteroatoms. The third-order valence-corrected chi connectivity index (χ3v) is 2.61. The Morgan fingerprint density at radius 2 is 2.05 bits per heavy atom. The van der Waals surface area contributed by atoms with Crippen LogP contribution in [0, 0.1) is 0 Å². The van der Waals surface area contributed by atoms with Crippen molar-refractivity contribution < 1.29 is 9.59 Å². The third-order valence-electron chi connectivity index (χ3n) is 2.61. The fourth-order valence-corrected chi connectivity index (χ4v) is 1.57. The van der Waals surface area contributed by atoms with E-state index in [2.05, 4.69) is 25.8 Å². The summed E-state index contributed by atoms with van der Waals surface area (Å²) in [6.45, 7) is 0.331. The molecule has 7 nitrogen and oxygen atoms in total. The molecule has 0 fully saturated rings. The Hall–Kier alpha value is -3.09. The first kappa shape index (κ1) is 15.3. The Bertz CT molecular complexity index is 643. The van der Waals surface area contributed by atoms with Gasteiger partial charge in [-0.05, 0) is 23.8 Å². The number of pyridine rings is 2. The lowest BCUT2D eigenvalue weighted by molar-refractivity contribution is -0.129. The SMILES string of the molecule is O=C(CC(=O)NN=Cc1ccccn1)NCc1cccnc1. The van der Waals surface area contributed by atoms with E-state index in [4.69, 9.17) is 0 Å². The first-order valence-corrected chi connectivity index (χ1v) is 6.62. The van der Waals surface area contributed by atoms with E-state index in [0.29, 0.717) is 12.2 Å². The van der Waals surface area contributed by atoms with Gasteiger partial charge in [0.1, 0.15) is 6.42 Å². The Balaban J connectivity index is 1.70. The minimum absolute atomic E-state index is 0.292. The van der Waals surface area contributed by atoms with Crippen LogP contribution in [0.15, 0.2) is 54.0 Å². The highest BCUT2D eigenvalue weighted by atomic mass is 16.2. The van der Waals surface area contributed by atoms with Crippen molar-refractivity contribution in [3.63, 3.8) is 0 Å². The van der Waals surface area contributed by atoms with Crippen molar-refractivity contribution in [2.45, 2.75) is 13.0 Å². The van der Waals surface area contributed by atoms with Crippen LogP contribution in [0.4, 0.5) is 0 Å². The highest BCUT2D eigenvalue weighted by molar-refractivity contribution is 5.97. The van der Waals surface area contributed by atoms with Crippen molar-refractivity contribution in [2.75, 3.05) is 0 Å². The van der Waals surface area contributed by atoms with Gasteiger partial charge in [-0.2, -0.15) is 5.10 Å². The van der Waals surface area contributed by atoms with E-state index < -0.39 is 5.91 Å². The van der Waals surface area contributed by atoms with Gasteiger partial charge in [-0.1, -0.05) is 12.1 Å². The Morgan fingerprint density at radius 3 is 2.77 bits per heavy atom. The minimum Gasteiger partial charge on any atom is -0.352 e. The van der Waals surface area contributed by atoms with Gasteiger partial charge in [0.05, 0.1) is 11.9 Å². The zero-order chi connectivity index (χ0) is 15.6. The van der Waals surface area contributed by atoms with Crippen LogP contribution in [0.3, 0.4) is 0 Å². The molecular weight excluding hydrogens is 282 g/mol. The zero-order valence-electron chi connectivity index (χ0n) is 11.8. The summed E-state index contributed by atoms with van der Waals surface area (Å²) in [5, 5.41) is 6.37. The summed E-state index contributed by atoms with van der Waals surface area (Å²) in [5.74, 6) is -0.870. The van der Waals surface area contributed by atoms with Crippen LogP contribution in [-0.2, 0) is 16.1 Å². The highest BCUT2D eigenvalue weighted by Crippen LogP contribution is 1.94. The zero-order valence-corrected chi connectivity index (χ0v) is 11.8. The predicted molar refractivity (Wildman–Crippen MR) is 80.7 cm³/mol. The second kappa shape index (κ2) is 8.25. The molecule has 0 saturated heterocycles. The number of amides is 2. The van der Waals surface area contributed by atoms with E-state index in [1.807, 2.05) is 12.1 Å². The lowest BCUT2D eigenvalue weighted by atomic mass is 10.3. The number of hydrogen-bond acceptors (Lipinski definition) is 5. The number of aromatic nitrogens is 2. The van der Waals surface area contributed by atoms with Gasteiger partial charge in [0.25, 0.3) is 0 Å². The lowest BCUT2D eigenvalue weighted by Gasteiger charge is -2.04. The summed E-state index contributed by atoms with van der Waals surface area (Å²) in [7, 11) is 0. The minimum atomic E-state index is -0.490. The standard InChI is InChI=1S/C15H15N5O2/c21-14(18-10-12-4-3-6-16-9-12)8-15(22)20-19-11-13-5-1-2-7-17-13/h1-7,9,11H,8,10H2,(H,18,21)(H,20,22). The average molecular weight is 297 g/mol. The number of carbonyl (C=O) groups excluding carboxylic acids is 2. The van der Waals surface area contributed by atoms with Gasteiger partial charge in [0.2, 0.25) is 11.8 Å². The van der Waals surface area contributed by atoms with E-state index in [-0.39, 0.29) is 12.3 Å². The van der Waals surface area contributed by atoms with Gasteiger partial charge in [0, 0.05) is 25.1 Å². The molecule has 2 heterocycles. The molecule has 0 aliphatic carbocycles. The Labute approximate surface area is 127 Å². The van der Waals surface area contributed by atoms with E-state index in [1.165, 1.54) is 6.21 Å². The second-order valence-electron chi connectivity index (χ2n) is 4.36. The van der Waals surface area contributed by atoms with Gasteiger partial charge >= 0.3 is 0 Å². The van der Waals surface area contributed by atoms with Gasteiger partial charge in [-0.3, -0.25) is 19.6 Å². The Kier molecular flexibility index (Phi) is 5.74. The van der Waals surface area contributed by atoms with Crippen LogP contribution in [0.25, 0.3) is 0 Å². The molecule has 0 saturated carbocycles. The molecule has 2 N–H and O–H groups in total. The largest absolute Gasteiger partial charge is 0.352 e. The van der Waals surface area contributed by atoms with Crippen LogP contribution in [0.1, 0.15) is 17.7 Å². The summed E-state index contributed by atoms with van der Waals surface area (Å²) < 4.78 is 0. The van der Waals surface area contributed by atoms with E-state index in [9.17, 15) is 9.59 Å². The summed E-state index contributed by atoms with van der Waals surface area (Å²) in [5.41, 5.74) is 3.76. The maximum Gasteiger partial charge on any atom is 0.249 e. The maximum absolute atomic E-state index is 11.6. The molecule has 0 aromatic carbocycles. The summed E-state index contributed by atoms with van der Waals surface area (Å²) in [6, 6.07) is 8.95. The number of rotatable bonds is 6. The predicted octanol–water partition coefficient (Wildman–Crippen LogP) is 0.633. The van der Waals surface area contributed by atoms with Gasteiger partial charge in [-0.15, -0.1) is 0 Å². The number of nitrogens with zero attached hydrogens (tertiary/aromatic N) is 3. The number of hydrazone groups is 1. The molecule has 2 aromatic rings. The highest BCUT2D eigenvalue weighted by Gasteiger charge is 2.08. The first-order valence-electron chi connectivity index (χ1n) is 6.62. The molecule has 2 rings (SSSR count). The fourth-order valence-electron chi connectivity index (χ4n) is 1.57. The molecule has 2 aromatic heterocycles. The molecule has 112 valence electrons. The third kappa shape index (κ3) is 5.49. The molecular formula is C15H15N5O2. The van der Waals surface area contributed by atoms with E-state index in [1.54, 1.807) is 36.8 Å². The fraction of sp³-hybridized carbons (Fsp3) is 0.133. The molecule has 0 bridgehead atoms. The topological polar surface area (TPSA) is 96.3 Å². The molecule has 0 spiro atoms. The maximum atomic E-state index is 11.6. The number of nitrogens with one attached hydrogen (secondary N) is 2. The number of carbonyl (C=O) groups is 2. The van der Waals surface area contributed by atoms with Crippen molar-refractivity contribution in [2.24, 2.45) is 5.10 Å². The van der Waals surface area contributed by atoms with Crippen molar-refractivity contribution in [3.8, 4) is 0 Å². The van der Waals surface area contributed by atoms with Crippen molar-refractivity contribution >= 4 is 18.0 Å². The Morgan fingerprint density at radius 1 is 1.14 bits per heavy atom. The van der Waals surface area contributed by atoms with Gasteiger partial charge < -0.3 is 5.32 Å². The van der Waals surface area contributed by atoms with Crippen LogP contribution in [0.2, 0.25) is 0 Å². The monoisotopic (exact) mass is 297 g/mol. The molecule has 0 unspecified atom stereocenters. The second-order valence-corrected chi connectivity index (χ2v) is 4.36. The van der Waals surface area contributed by atoms with Crippen LogP contribution >= 0.6 is 0 Å². The van der Waals surface area contributed by atoms with Crippen molar-refractivity contribution in [1.29, 1.82) is 0 Å². The first-order chi connectivity index (χ1) is 10.7. The van der Waals surface area contributed by atoms with E-state index in [0.717, 1.165) is 5.56 Å². The van der Waals surface area contributed by atoms with Gasteiger partial charge in [0.15, 0.2) is 0 Å². The van der Waals surface area contributed by atoms with Crippen LogP contribution in [-0.4, -0.2) is 28.0 Å². The lowest BCUT2D eigenvalue weighted by Crippen LogP contribution is -2.29. The normalized spacial score (nSPS) is 10.4. The quantitative estimate of drug-likeness (QED) is 0.464. The van der Waals surface area contributed by atoms with Crippen LogP contribution in [0.5, 0.6) is 0 Å². The molecule has 0 aliphatic rings. The molecule has 0 radical (unpaired) electrons. The van der Waals surface area contributed by atoms with Crippen molar-refractivity contribution in [1.82, 2.24) is 20.7 Å². The molecule has 22 heavy (non-hydrogen) atoms. The van der Waals surface area contributed by atoms with E-state index >= 15 is 0 Å². The molecule has 0 aliphatic heterocycles. The average Bonchev–Trinajstić information content (AvgIpc) is 2.55. The number of hydrogen-bond donors (Lipinski definition) is 2. The molecule has 0 atom stereocenters. The smallest absolute Gasteiger partial charge is 0.249 e. The molecule has 2 amide bonds. The summed E-state index contributed by atoms with van der Waals surface area (Å²) in [6.07, 6.45) is 6.04. The van der Waals surface area contributed by atoms with Crippen LogP contribution < -0.4 is 10.7 Å². The summed E-state index contributed by atoms with van der Waals surface area (Å²) >= 11 is 0. The summed E-state index contributed by atoms with van der Waals surface area (Å²) in [4.78, 5) is 31.1. The van der Waals surface area contributed by atoms with Gasteiger partial charge in [-0.25, -0.2) is 5.43 Å². The van der Waals surface area contributed by atoms with Crippen molar-refractivity contribution in [3.05, 3.63) is 60.2 Å².